The van der Waals surface area contributed by atoms with E-state index in [-0.39, 0.29) is 0 Å². The summed E-state index contributed by atoms with van der Waals surface area (Å²) < 4.78 is 0.804. The van der Waals surface area contributed by atoms with Gasteiger partial charge in [-0.1, -0.05) is 46.8 Å². The number of carboxylic acid groups (broad SMARTS) is 1. The van der Waals surface area contributed by atoms with E-state index >= 15 is 0 Å². The zero-order valence-electron chi connectivity index (χ0n) is 11.9. The number of halogens is 2. The van der Waals surface area contributed by atoms with E-state index in [1.807, 2.05) is 0 Å². The Hall–Kier alpha value is -0.720. The summed E-state index contributed by atoms with van der Waals surface area (Å²) in [6.45, 7) is 0. The Morgan fingerprint density at radius 3 is 2.45 bits per heavy atom. The van der Waals surface area contributed by atoms with E-state index in [1.54, 1.807) is 12.1 Å². The smallest absolute Gasteiger partial charge is 0.321 e. The third-order valence-corrected chi connectivity index (χ3v) is 5.79. The molecule has 1 fully saturated rings. The summed E-state index contributed by atoms with van der Waals surface area (Å²) >= 11 is 10.5. The van der Waals surface area contributed by atoms with Crippen molar-refractivity contribution in [1.29, 1.82) is 0 Å². The van der Waals surface area contributed by atoms with Crippen molar-refractivity contribution in [3.63, 3.8) is 0 Å². The lowest BCUT2D eigenvalue weighted by molar-refractivity contribution is -0.136. The minimum atomic E-state index is -1.11. The molecule has 22 heavy (non-hydrogen) atoms. The molecule has 120 valence electrons. The topological polar surface area (TPSA) is 80.4 Å². The highest BCUT2D eigenvalue weighted by Crippen LogP contribution is 2.43. The van der Waals surface area contributed by atoms with Crippen LogP contribution in [0.3, 0.4) is 0 Å². The Kier molecular flexibility index (Phi) is 6.17. The molecule has 0 aromatic heterocycles. The fraction of sp³-hybridized carbons (Fsp3) is 0.467. The van der Waals surface area contributed by atoms with Gasteiger partial charge in [0.25, 0.3) is 5.24 Å². The molecular formula is C15H17BrClNO3S. The minimum absolute atomic E-state index is 0.400. The van der Waals surface area contributed by atoms with Gasteiger partial charge in [-0.3, -0.25) is 9.59 Å². The molecule has 0 bridgehead atoms. The van der Waals surface area contributed by atoms with E-state index in [9.17, 15) is 14.7 Å². The molecule has 0 spiro atoms. The molecule has 1 amide bonds. The highest BCUT2D eigenvalue weighted by molar-refractivity contribution is 9.10. The number of benzene rings is 1. The van der Waals surface area contributed by atoms with Gasteiger partial charge in [0, 0.05) is 9.50 Å². The number of hydrogen-bond donors (Lipinski definition) is 2. The second-order valence-electron chi connectivity index (χ2n) is 5.39. The highest BCUT2D eigenvalue weighted by atomic mass is 79.9. The molecule has 0 aliphatic heterocycles. The van der Waals surface area contributed by atoms with Gasteiger partial charge in [-0.25, -0.2) is 0 Å². The number of primary amides is 1. The van der Waals surface area contributed by atoms with Crippen LogP contribution in [0.5, 0.6) is 0 Å². The molecule has 7 heteroatoms. The second kappa shape index (κ2) is 7.70. The maximum Gasteiger partial charge on any atom is 0.321 e. The summed E-state index contributed by atoms with van der Waals surface area (Å²) in [4.78, 5) is 22.4. The lowest BCUT2D eigenvalue weighted by Crippen LogP contribution is -2.14. The maximum absolute atomic E-state index is 11.4. The van der Waals surface area contributed by atoms with Gasteiger partial charge in [-0.05, 0) is 53.8 Å². The zero-order chi connectivity index (χ0) is 16.3. The number of carbonyl (C=O) groups excluding carboxylic acids is 1. The van der Waals surface area contributed by atoms with Gasteiger partial charge in [0.1, 0.15) is 5.25 Å². The van der Waals surface area contributed by atoms with Crippen LogP contribution in [0.4, 0.5) is 4.79 Å². The second-order valence-corrected chi connectivity index (χ2v) is 7.76. The molecule has 2 rings (SSSR count). The van der Waals surface area contributed by atoms with Gasteiger partial charge < -0.3 is 10.8 Å². The zero-order valence-corrected chi connectivity index (χ0v) is 15.0. The fourth-order valence-electron chi connectivity index (χ4n) is 2.91. The molecule has 0 radical (unpaired) electrons. The number of carboxylic acids is 1. The summed E-state index contributed by atoms with van der Waals surface area (Å²) in [6.07, 6.45) is 5.81. The van der Waals surface area contributed by atoms with Crippen LogP contribution in [0.1, 0.15) is 54.4 Å². The lowest BCUT2D eigenvalue weighted by Gasteiger charge is -2.25. The van der Waals surface area contributed by atoms with Crippen molar-refractivity contribution in [3.8, 4) is 0 Å². The Morgan fingerprint density at radius 1 is 1.32 bits per heavy atom. The van der Waals surface area contributed by atoms with Gasteiger partial charge >= 0.3 is 5.97 Å². The number of rotatable bonds is 4. The number of amides is 1. The van der Waals surface area contributed by atoms with Crippen LogP contribution in [0, 0.1) is 0 Å². The summed E-state index contributed by atoms with van der Waals surface area (Å²) in [5.41, 5.74) is 6.61. The van der Waals surface area contributed by atoms with E-state index in [4.69, 9.17) is 17.3 Å². The van der Waals surface area contributed by atoms with Crippen LogP contribution >= 0.6 is 39.3 Å². The summed E-state index contributed by atoms with van der Waals surface area (Å²) in [6, 6.07) is 3.38. The van der Waals surface area contributed by atoms with E-state index in [1.165, 1.54) is 19.3 Å². The van der Waals surface area contributed by atoms with Crippen LogP contribution in [-0.2, 0) is 4.79 Å². The molecule has 4 nitrogen and oxygen atoms in total. The quantitative estimate of drug-likeness (QED) is 0.730. The largest absolute Gasteiger partial charge is 0.480 e. The van der Waals surface area contributed by atoms with Crippen molar-refractivity contribution >= 4 is 50.5 Å². The first kappa shape index (κ1) is 17.6. The summed E-state index contributed by atoms with van der Waals surface area (Å²) in [5.74, 6) is -0.714. The van der Waals surface area contributed by atoms with Crippen molar-refractivity contribution < 1.29 is 14.7 Å². The summed E-state index contributed by atoms with van der Waals surface area (Å²) in [7, 11) is 0. The van der Waals surface area contributed by atoms with Gasteiger partial charge in [-0.15, -0.1) is 0 Å². The molecule has 0 saturated heterocycles. The normalized spacial score (nSPS) is 17.2. The Bertz CT molecular complexity index is 567. The van der Waals surface area contributed by atoms with E-state index < -0.39 is 16.5 Å². The lowest BCUT2D eigenvalue weighted by atomic mass is 9.83. The molecule has 1 aromatic carbocycles. The van der Waals surface area contributed by atoms with Crippen LogP contribution < -0.4 is 5.73 Å². The van der Waals surface area contributed by atoms with Crippen LogP contribution in [0.15, 0.2) is 16.6 Å². The van der Waals surface area contributed by atoms with E-state index in [2.05, 4.69) is 15.9 Å². The van der Waals surface area contributed by atoms with Gasteiger partial charge in [-0.2, -0.15) is 0 Å². The number of thioether (sulfide) groups is 1. The molecule has 0 heterocycles. The fourth-order valence-corrected chi connectivity index (χ4v) is 4.82. The van der Waals surface area contributed by atoms with E-state index in [0.717, 1.165) is 22.9 Å². The molecular weight excluding hydrogens is 390 g/mol. The van der Waals surface area contributed by atoms with Crippen molar-refractivity contribution in [2.45, 2.75) is 43.3 Å². The average Bonchev–Trinajstić information content (AvgIpc) is 2.44. The Labute approximate surface area is 146 Å². The molecule has 1 aliphatic rings. The molecule has 1 atom stereocenters. The first-order chi connectivity index (χ1) is 10.4. The van der Waals surface area contributed by atoms with Crippen molar-refractivity contribution in [2.75, 3.05) is 0 Å². The first-order valence-corrected chi connectivity index (χ1v) is 9.13. The van der Waals surface area contributed by atoms with Crippen molar-refractivity contribution in [1.82, 2.24) is 0 Å². The van der Waals surface area contributed by atoms with Gasteiger partial charge in [0.15, 0.2) is 0 Å². The van der Waals surface area contributed by atoms with Gasteiger partial charge in [0.2, 0.25) is 0 Å². The number of hydrogen-bond acceptors (Lipinski definition) is 3. The van der Waals surface area contributed by atoms with Gasteiger partial charge in [0.05, 0.1) is 0 Å². The third kappa shape index (κ3) is 4.18. The van der Waals surface area contributed by atoms with Crippen LogP contribution in [0.25, 0.3) is 0 Å². The minimum Gasteiger partial charge on any atom is -0.480 e. The highest BCUT2D eigenvalue weighted by Gasteiger charge is 2.27. The monoisotopic (exact) mass is 405 g/mol. The molecule has 1 saturated carbocycles. The first-order valence-electron chi connectivity index (χ1n) is 7.08. The molecule has 3 N–H and O–H groups in total. The van der Waals surface area contributed by atoms with Crippen LogP contribution in [0.2, 0.25) is 5.02 Å². The standard InChI is InChI=1S/C15H17BrClNO3S/c16-10-6-9(13(14(19)20)22-15(18)21)7-11(17)12(10)8-4-2-1-3-5-8/h6-8,13H,1-5H2,(H2,18,21)(H,19,20). The third-order valence-electron chi connectivity index (χ3n) is 3.88. The number of aliphatic carboxylic acids is 1. The predicted octanol–water partition coefficient (Wildman–Crippen LogP) is 5.09. The SMILES string of the molecule is NC(=O)SC(C(=O)O)c1cc(Cl)c(C2CCCCC2)c(Br)c1. The number of carbonyl (C=O) groups is 2. The maximum atomic E-state index is 11.4. The Balaban J connectivity index is 2.35. The van der Waals surface area contributed by atoms with Crippen molar-refractivity contribution in [2.24, 2.45) is 5.73 Å². The van der Waals surface area contributed by atoms with Crippen molar-refractivity contribution in [3.05, 3.63) is 32.8 Å². The Morgan fingerprint density at radius 2 is 1.95 bits per heavy atom. The van der Waals surface area contributed by atoms with Crippen LogP contribution in [-0.4, -0.2) is 16.3 Å². The predicted molar refractivity (Wildman–Crippen MR) is 92.5 cm³/mol. The molecule has 1 aromatic rings. The average molecular weight is 407 g/mol. The summed E-state index contributed by atoms with van der Waals surface area (Å²) in [5, 5.41) is 8.06. The number of nitrogens with two attached hydrogens (primary N) is 1. The van der Waals surface area contributed by atoms with E-state index in [0.29, 0.717) is 28.3 Å². The molecule has 1 unspecified atom stereocenters. The molecule has 1 aliphatic carbocycles.